The summed E-state index contributed by atoms with van der Waals surface area (Å²) in [6.45, 7) is 7.74. The first kappa shape index (κ1) is 19.9. The monoisotopic (exact) mass is 401 g/mol. The summed E-state index contributed by atoms with van der Waals surface area (Å²) in [5.41, 5.74) is 1.27. The number of benzene rings is 1. The van der Waals surface area contributed by atoms with E-state index in [-0.39, 0.29) is 11.8 Å². The topological polar surface area (TPSA) is 72.0 Å². The van der Waals surface area contributed by atoms with Crippen molar-refractivity contribution in [2.75, 3.05) is 39.9 Å². The maximum absolute atomic E-state index is 12.7. The van der Waals surface area contributed by atoms with E-state index in [2.05, 4.69) is 11.6 Å². The summed E-state index contributed by atoms with van der Waals surface area (Å²) in [6, 6.07) is 5.55. The third-order valence-corrected chi connectivity index (χ3v) is 5.39. The molecule has 0 aliphatic carbocycles. The van der Waals surface area contributed by atoms with Gasteiger partial charge in [-0.25, -0.2) is 4.98 Å². The zero-order valence-corrected chi connectivity index (χ0v) is 16.8. The summed E-state index contributed by atoms with van der Waals surface area (Å²) >= 11 is 1.41. The third kappa shape index (κ3) is 4.33. The normalized spacial score (nSPS) is 13.9. The SMILES string of the molecule is C=CCOc1ccc(-c2nc(C(=O)N3CCN(C(C)=O)CC3)cs2)cc1OC. The molecule has 148 valence electrons. The molecule has 8 heteroatoms. The number of aromatic nitrogens is 1. The van der Waals surface area contributed by atoms with E-state index in [4.69, 9.17) is 9.47 Å². The van der Waals surface area contributed by atoms with Gasteiger partial charge in [-0.1, -0.05) is 12.7 Å². The Kier molecular flexibility index (Phi) is 6.30. The summed E-state index contributed by atoms with van der Waals surface area (Å²) in [6.07, 6.45) is 1.67. The Hall–Kier alpha value is -2.87. The summed E-state index contributed by atoms with van der Waals surface area (Å²) in [5, 5.41) is 2.50. The molecule has 0 bridgehead atoms. The highest BCUT2D eigenvalue weighted by molar-refractivity contribution is 7.13. The number of hydrogen-bond donors (Lipinski definition) is 0. The minimum Gasteiger partial charge on any atom is -0.493 e. The van der Waals surface area contributed by atoms with Gasteiger partial charge in [0.05, 0.1) is 7.11 Å². The van der Waals surface area contributed by atoms with E-state index in [1.165, 1.54) is 11.3 Å². The van der Waals surface area contributed by atoms with Gasteiger partial charge < -0.3 is 19.3 Å². The fraction of sp³-hybridized carbons (Fsp3) is 0.350. The van der Waals surface area contributed by atoms with Gasteiger partial charge in [0.25, 0.3) is 5.91 Å². The number of nitrogens with zero attached hydrogens (tertiary/aromatic N) is 3. The van der Waals surface area contributed by atoms with Crippen LogP contribution in [0.4, 0.5) is 0 Å². The molecule has 0 saturated carbocycles. The Bertz CT molecular complexity index is 872. The predicted octanol–water partition coefficient (Wildman–Crippen LogP) is 2.69. The average Bonchev–Trinajstić information content (AvgIpc) is 3.21. The van der Waals surface area contributed by atoms with Crippen LogP contribution in [-0.2, 0) is 4.79 Å². The molecule has 2 heterocycles. The molecule has 1 aromatic carbocycles. The Labute approximate surface area is 168 Å². The van der Waals surface area contributed by atoms with Crippen molar-refractivity contribution in [3.63, 3.8) is 0 Å². The van der Waals surface area contributed by atoms with Crippen LogP contribution in [0.5, 0.6) is 11.5 Å². The molecule has 1 saturated heterocycles. The molecule has 28 heavy (non-hydrogen) atoms. The summed E-state index contributed by atoms with van der Waals surface area (Å²) in [4.78, 5) is 32.2. The van der Waals surface area contributed by atoms with Crippen LogP contribution >= 0.6 is 11.3 Å². The first-order chi connectivity index (χ1) is 13.5. The minimum atomic E-state index is -0.108. The highest BCUT2D eigenvalue weighted by Crippen LogP contribution is 2.34. The summed E-state index contributed by atoms with van der Waals surface area (Å²) in [7, 11) is 1.58. The molecule has 1 aliphatic rings. The van der Waals surface area contributed by atoms with E-state index < -0.39 is 0 Å². The van der Waals surface area contributed by atoms with Gasteiger partial charge in [0.2, 0.25) is 5.91 Å². The first-order valence-electron chi connectivity index (χ1n) is 8.96. The molecule has 0 atom stereocenters. The molecule has 2 aromatic rings. The molecule has 0 unspecified atom stereocenters. The zero-order chi connectivity index (χ0) is 20.1. The van der Waals surface area contributed by atoms with E-state index in [1.807, 2.05) is 18.2 Å². The number of thiazole rings is 1. The molecular weight excluding hydrogens is 378 g/mol. The molecule has 2 amide bonds. The quantitative estimate of drug-likeness (QED) is 0.696. The van der Waals surface area contributed by atoms with Crippen molar-refractivity contribution in [3.8, 4) is 22.1 Å². The molecule has 0 spiro atoms. The van der Waals surface area contributed by atoms with Gasteiger partial charge in [-0.05, 0) is 18.2 Å². The number of carbonyl (C=O) groups is 2. The minimum absolute atomic E-state index is 0.0394. The van der Waals surface area contributed by atoms with Crippen LogP contribution in [-0.4, -0.2) is 66.5 Å². The number of ether oxygens (including phenoxy) is 2. The van der Waals surface area contributed by atoms with E-state index in [0.29, 0.717) is 50.0 Å². The fourth-order valence-corrected chi connectivity index (χ4v) is 3.75. The van der Waals surface area contributed by atoms with Crippen LogP contribution in [0.25, 0.3) is 10.6 Å². The van der Waals surface area contributed by atoms with Crippen LogP contribution in [0.2, 0.25) is 0 Å². The van der Waals surface area contributed by atoms with Crippen LogP contribution in [0.3, 0.4) is 0 Å². The van der Waals surface area contributed by atoms with Crippen molar-refractivity contribution in [2.45, 2.75) is 6.92 Å². The summed E-state index contributed by atoms with van der Waals surface area (Å²) in [5.74, 6) is 1.16. The molecule has 1 aliphatic heterocycles. The Morgan fingerprint density at radius 1 is 1.21 bits per heavy atom. The number of amides is 2. The molecular formula is C20H23N3O4S. The van der Waals surface area contributed by atoms with Gasteiger partial charge in [0.15, 0.2) is 11.5 Å². The van der Waals surface area contributed by atoms with Gasteiger partial charge in [-0.15, -0.1) is 11.3 Å². The molecule has 0 N–H and O–H groups in total. The number of rotatable bonds is 6. The van der Waals surface area contributed by atoms with Crippen molar-refractivity contribution in [1.29, 1.82) is 0 Å². The van der Waals surface area contributed by atoms with Crippen molar-refractivity contribution < 1.29 is 19.1 Å². The van der Waals surface area contributed by atoms with Gasteiger partial charge in [-0.2, -0.15) is 0 Å². The number of hydrogen-bond acceptors (Lipinski definition) is 6. The van der Waals surface area contributed by atoms with Gasteiger partial charge in [0.1, 0.15) is 17.3 Å². The molecule has 1 aromatic heterocycles. The van der Waals surface area contributed by atoms with Crippen molar-refractivity contribution in [3.05, 3.63) is 41.9 Å². The maximum atomic E-state index is 12.7. The van der Waals surface area contributed by atoms with Crippen molar-refractivity contribution >= 4 is 23.2 Å². The van der Waals surface area contributed by atoms with Crippen LogP contribution in [0, 0.1) is 0 Å². The lowest BCUT2D eigenvalue weighted by molar-refractivity contribution is -0.130. The van der Waals surface area contributed by atoms with E-state index >= 15 is 0 Å². The van der Waals surface area contributed by atoms with Gasteiger partial charge in [-0.3, -0.25) is 9.59 Å². The lowest BCUT2D eigenvalue weighted by Crippen LogP contribution is -2.50. The van der Waals surface area contributed by atoms with Gasteiger partial charge >= 0.3 is 0 Å². The van der Waals surface area contributed by atoms with Crippen LogP contribution in [0.15, 0.2) is 36.2 Å². The number of piperazine rings is 1. The summed E-state index contributed by atoms with van der Waals surface area (Å²) < 4.78 is 11.0. The van der Waals surface area contributed by atoms with Crippen molar-refractivity contribution in [1.82, 2.24) is 14.8 Å². The number of methoxy groups -OCH3 is 1. The molecule has 1 fully saturated rings. The van der Waals surface area contributed by atoms with E-state index in [0.717, 1.165) is 10.6 Å². The third-order valence-electron chi connectivity index (χ3n) is 4.50. The van der Waals surface area contributed by atoms with Crippen LogP contribution in [0.1, 0.15) is 17.4 Å². The first-order valence-corrected chi connectivity index (χ1v) is 9.84. The lowest BCUT2D eigenvalue weighted by atomic mass is 10.2. The van der Waals surface area contributed by atoms with Crippen LogP contribution < -0.4 is 9.47 Å². The molecule has 3 rings (SSSR count). The predicted molar refractivity (Wildman–Crippen MR) is 108 cm³/mol. The Balaban J connectivity index is 1.72. The molecule has 0 radical (unpaired) electrons. The Morgan fingerprint density at radius 3 is 2.57 bits per heavy atom. The molecule has 7 nitrogen and oxygen atoms in total. The maximum Gasteiger partial charge on any atom is 0.273 e. The fourth-order valence-electron chi connectivity index (χ4n) is 2.96. The Morgan fingerprint density at radius 2 is 1.93 bits per heavy atom. The standard InChI is InChI=1S/C20H23N3O4S/c1-4-11-27-17-6-5-15(12-18(17)26-3)19-21-16(13-28-19)20(25)23-9-7-22(8-10-23)14(2)24/h4-6,12-13H,1,7-11H2,2-3H3. The highest BCUT2D eigenvalue weighted by atomic mass is 32.1. The zero-order valence-electron chi connectivity index (χ0n) is 16.0. The highest BCUT2D eigenvalue weighted by Gasteiger charge is 2.25. The second kappa shape index (κ2) is 8.88. The second-order valence-corrected chi connectivity index (χ2v) is 7.16. The van der Waals surface area contributed by atoms with E-state index in [1.54, 1.807) is 35.3 Å². The second-order valence-electron chi connectivity index (χ2n) is 6.30. The van der Waals surface area contributed by atoms with Crippen molar-refractivity contribution in [2.24, 2.45) is 0 Å². The largest absolute Gasteiger partial charge is 0.493 e. The smallest absolute Gasteiger partial charge is 0.273 e. The van der Waals surface area contributed by atoms with E-state index in [9.17, 15) is 9.59 Å². The average molecular weight is 401 g/mol. The number of carbonyl (C=O) groups excluding carboxylic acids is 2. The lowest BCUT2D eigenvalue weighted by Gasteiger charge is -2.33. The van der Waals surface area contributed by atoms with Gasteiger partial charge in [0, 0.05) is 44.0 Å².